The maximum atomic E-state index is 3.31. The van der Waals surface area contributed by atoms with E-state index >= 15 is 0 Å². The summed E-state index contributed by atoms with van der Waals surface area (Å²) in [7, 11) is 2.86. The van der Waals surface area contributed by atoms with Crippen LogP contribution in [-0.4, -0.2) is 25.0 Å². The van der Waals surface area contributed by atoms with Gasteiger partial charge < -0.3 is 4.90 Å². The molecule has 0 aromatic carbocycles. The van der Waals surface area contributed by atoms with E-state index < -0.39 is 0 Å². The van der Waals surface area contributed by atoms with Gasteiger partial charge in [0.2, 0.25) is 0 Å². The van der Waals surface area contributed by atoms with Gasteiger partial charge in [0.15, 0.2) is 0 Å². The fourth-order valence-electron chi connectivity index (χ4n) is 48.4. The van der Waals surface area contributed by atoms with Crippen molar-refractivity contribution in [1.29, 1.82) is 0 Å². The van der Waals surface area contributed by atoms with Crippen LogP contribution in [0.4, 0.5) is 0 Å². The Kier molecular flexibility index (Phi) is 2.91. The molecule has 56 unspecified atom stereocenters. The largest absolute Gasteiger partial charge is 0.305 e. The minimum Gasteiger partial charge on any atom is -0.305 e. The van der Waals surface area contributed by atoms with Gasteiger partial charge in [-0.3, -0.25) is 0 Å². The monoisotopic (exact) mass is 836 g/mol. The van der Waals surface area contributed by atoms with Crippen molar-refractivity contribution in [3.8, 4) is 0 Å². The molecular weight excluding hydrogens is 771 g/mol. The van der Waals surface area contributed by atoms with Crippen molar-refractivity contribution < 1.29 is 0 Å². The number of hydrogen-bond acceptors (Lipinski definition) is 1. The molecule has 1 saturated heterocycles. The average molecular weight is 836 g/mol. The van der Waals surface area contributed by atoms with Gasteiger partial charge in [0, 0.05) is 13.1 Å². The molecule has 2 spiro atoms. The average Bonchev–Trinajstić information content (AvgIpc) is 4.13. The first-order valence-electron chi connectivity index (χ1n) is 31.5. The highest BCUT2D eigenvalue weighted by Gasteiger charge is 3.05. The Morgan fingerprint density at radius 2 is 0.281 bits per heavy atom. The van der Waals surface area contributed by atoms with Crippen molar-refractivity contribution in [1.82, 2.24) is 4.90 Å². The van der Waals surface area contributed by atoms with Gasteiger partial charge in [-0.05, 0) is 361 Å². The molecule has 33 aliphatic rings. The van der Waals surface area contributed by atoms with Gasteiger partial charge >= 0.3 is 0 Å². The van der Waals surface area contributed by atoms with Crippen molar-refractivity contribution in [3.63, 3.8) is 0 Å². The molecule has 1 heterocycles. The molecule has 322 valence electrons. The summed E-state index contributed by atoms with van der Waals surface area (Å²) in [5, 5.41) is 0. The molecule has 0 bridgehead atoms. The summed E-state index contributed by atoms with van der Waals surface area (Å²) >= 11 is 0. The number of likely N-dealkylation sites (tertiary alicyclic amines) is 1. The molecule has 32 saturated carbocycles. The van der Waals surface area contributed by atoms with Crippen molar-refractivity contribution in [2.24, 2.45) is 354 Å². The molecule has 1 heteroatoms. The van der Waals surface area contributed by atoms with Crippen LogP contribution < -0.4 is 0 Å². The van der Waals surface area contributed by atoms with E-state index in [0.717, 1.165) is 10.8 Å². The van der Waals surface area contributed by atoms with Gasteiger partial charge in [0.1, 0.15) is 0 Å². The van der Waals surface area contributed by atoms with Crippen LogP contribution in [-0.2, 0) is 0 Å². The molecule has 33 fully saturated rings. The van der Waals surface area contributed by atoms with Gasteiger partial charge in [-0.1, -0.05) is 0 Å². The van der Waals surface area contributed by atoms with Gasteiger partial charge in [0.25, 0.3) is 0 Å². The summed E-state index contributed by atoms with van der Waals surface area (Å²) in [4.78, 5) is 3.31. The summed E-state index contributed by atoms with van der Waals surface area (Å²) < 4.78 is 0. The zero-order chi connectivity index (χ0) is 37.5. The van der Waals surface area contributed by atoms with Gasteiger partial charge in [0.05, 0.1) is 0 Å². The van der Waals surface area contributed by atoms with Crippen molar-refractivity contribution in [3.05, 3.63) is 0 Å². The highest BCUT2D eigenvalue weighted by Crippen LogP contribution is 3.08. The molecule has 33 rings (SSSR count). The van der Waals surface area contributed by atoms with E-state index in [0.29, 0.717) is 0 Å². The molecule has 56 atom stereocenters. The van der Waals surface area contributed by atoms with Gasteiger partial charge in [-0.25, -0.2) is 0 Å². The van der Waals surface area contributed by atoms with Crippen LogP contribution in [0.25, 0.3) is 0 Å². The third-order valence-electron chi connectivity index (χ3n) is 41.8. The van der Waals surface area contributed by atoms with E-state index in [-0.39, 0.29) is 0 Å². The number of rotatable bonds is 0. The molecule has 0 N–H and O–H groups in total. The zero-order valence-corrected chi connectivity index (χ0v) is 37.3. The van der Waals surface area contributed by atoms with Gasteiger partial charge in [-0.2, -0.15) is 0 Å². The second-order valence-corrected chi connectivity index (χ2v) is 36.5. The first-order chi connectivity index (χ1) is 31.8. The lowest BCUT2D eigenvalue weighted by atomic mass is 9.32. The molecule has 0 aromatic rings. The summed E-state index contributed by atoms with van der Waals surface area (Å²) in [6.45, 7) is 3.38. The lowest BCUT2D eigenvalue weighted by molar-refractivity contribution is -0.246. The molecule has 1 nitrogen and oxygen atoms in total. The Morgan fingerprint density at radius 1 is 0.172 bits per heavy atom. The normalized spacial score (nSPS) is 106. The van der Waals surface area contributed by atoms with Crippen LogP contribution in [0.5, 0.6) is 0 Å². The minimum atomic E-state index is 0.803. The topological polar surface area (TPSA) is 3.24 Å². The first-order valence-corrected chi connectivity index (χ1v) is 31.5. The second kappa shape index (κ2) is 6.63. The third kappa shape index (κ3) is 1.57. The van der Waals surface area contributed by atoms with Crippen LogP contribution >= 0.6 is 0 Å². The van der Waals surface area contributed by atoms with Crippen LogP contribution in [0.2, 0.25) is 0 Å². The molecule has 0 amide bonds. The van der Waals surface area contributed by atoms with Crippen LogP contribution in [0.1, 0.15) is 0 Å². The molecular formula is C63H65N. The van der Waals surface area contributed by atoms with E-state index in [1.807, 2.05) is 0 Å². The Morgan fingerprint density at radius 3 is 0.469 bits per heavy atom. The number of hydrogen-bond donors (Lipinski definition) is 0. The molecule has 1 aliphatic heterocycles. The predicted molar refractivity (Wildman–Crippen MR) is 225 cm³/mol. The first kappa shape index (κ1) is 28.1. The van der Waals surface area contributed by atoms with E-state index in [9.17, 15) is 0 Å². The maximum absolute atomic E-state index is 3.31. The highest BCUT2D eigenvalue weighted by molar-refractivity contribution is 5.52. The van der Waals surface area contributed by atoms with Crippen LogP contribution in [0.15, 0.2) is 0 Å². The van der Waals surface area contributed by atoms with Crippen LogP contribution in [0, 0.1) is 354 Å². The SMILES string of the molecule is CN1CC23C4C5C6C7C8C9C%10C%11C%12C%13C%10C%10C8C8C%14C%10C%10C%13C%13C%15C%12C%12C%16C%11C%11C9C7C7C9C%11C%16C%11C%16C%12C%15C%12C%15C%13C%10C%10C%14C(C4C86)C4C%10C%15C6C%12C%16C8C%11C9C(C75)C2C8C6C43C1. The predicted octanol–water partition coefficient (Wildman–Crippen LogP) is 7.07. The fraction of sp³-hybridized carbons (Fsp3) is 1.00. The Balaban J connectivity index is 0.898. The molecule has 32 aliphatic carbocycles. The Bertz CT molecular complexity index is 2530. The van der Waals surface area contributed by atoms with E-state index in [4.69, 9.17) is 0 Å². The molecule has 0 aromatic heterocycles. The van der Waals surface area contributed by atoms with Crippen molar-refractivity contribution in [2.45, 2.75) is 0 Å². The van der Waals surface area contributed by atoms with Crippen molar-refractivity contribution in [2.75, 3.05) is 20.1 Å². The summed E-state index contributed by atoms with van der Waals surface area (Å²) in [6.07, 6.45) is 0. The summed E-state index contributed by atoms with van der Waals surface area (Å²) in [6, 6.07) is 0. The minimum absolute atomic E-state index is 0.803. The Hall–Kier alpha value is -0.0400. The smallest absolute Gasteiger partial charge is 0.00469 e. The van der Waals surface area contributed by atoms with Crippen LogP contribution in [0.3, 0.4) is 0 Å². The second-order valence-electron chi connectivity index (χ2n) is 36.5. The van der Waals surface area contributed by atoms with E-state index in [1.54, 1.807) is 13.1 Å². The molecule has 64 heavy (non-hydrogen) atoms. The maximum Gasteiger partial charge on any atom is 0.00469 e. The lowest BCUT2D eigenvalue weighted by Gasteiger charge is -2.71. The zero-order valence-electron chi connectivity index (χ0n) is 37.3. The number of nitrogens with zero attached hydrogens (tertiary/aromatic N) is 1. The fourth-order valence-corrected chi connectivity index (χ4v) is 48.4. The Labute approximate surface area is 377 Å². The highest BCUT2D eigenvalue weighted by atomic mass is 15.2. The molecule has 0 radical (unpaired) electrons. The van der Waals surface area contributed by atoms with Gasteiger partial charge in [-0.15, -0.1) is 0 Å². The summed E-state index contributed by atoms with van der Waals surface area (Å²) in [5.74, 6) is 75.7. The van der Waals surface area contributed by atoms with E-state index in [2.05, 4.69) is 11.9 Å². The quantitative estimate of drug-likeness (QED) is 0.253. The third-order valence-corrected chi connectivity index (χ3v) is 41.8. The van der Waals surface area contributed by atoms with Crippen molar-refractivity contribution >= 4 is 0 Å². The van der Waals surface area contributed by atoms with E-state index in [1.165, 1.54) is 343 Å². The standard InChI is InChI=1S/C63H65N/c1-64-2-62-58-51-44-32-24-15-6-4-5-7-10(6)19-26(24)34-35-27(19)25-16(7)18-14-9(5)12-11-8(4)13-17(15)30(32)38-36-22(13)20(11)28-29-21(12)23(14)37-39-31(18)33(25)45-47(35)56(55(58)46(34)44)59-52(45)50(39)54-43(37)41(29)48-40(28)42(36)53(49(38)51)60(62)57(48)61(54)63(59,62)3-64/h4-61H,2-3H2,1H3. The lowest BCUT2D eigenvalue weighted by Crippen LogP contribution is -2.70. The summed E-state index contributed by atoms with van der Waals surface area (Å²) in [5.41, 5.74) is 1.61.